The van der Waals surface area contributed by atoms with Crippen LogP contribution in [-0.4, -0.2) is 21.6 Å². The highest BCUT2D eigenvalue weighted by Crippen LogP contribution is 2.25. The van der Waals surface area contributed by atoms with E-state index in [4.69, 9.17) is 4.74 Å². The predicted octanol–water partition coefficient (Wildman–Crippen LogP) is 0.948. The Kier molecular flexibility index (Phi) is 3.35. The zero-order chi connectivity index (χ0) is 14.9. The van der Waals surface area contributed by atoms with Crippen molar-refractivity contribution in [2.75, 3.05) is 7.11 Å². The molecular weight excluding hydrogens is 279 g/mol. The first-order chi connectivity index (χ1) is 9.32. The van der Waals surface area contributed by atoms with Gasteiger partial charge in [0.1, 0.15) is 17.3 Å². The Labute approximate surface area is 109 Å². The molecule has 0 atom stereocenters. The van der Waals surface area contributed by atoms with Crippen LogP contribution in [0.3, 0.4) is 0 Å². The molecule has 2 rings (SSSR count). The van der Waals surface area contributed by atoms with E-state index in [0.29, 0.717) is 16.4 Å². The van der Waals surface area contributed by atoms with Gasteiger partial charge in [0, 0.05) is 6.07 Å². The van der Waals surface area contributed by atoms with E-state index >= 15 is 0 Å². The lowest BCUT2D eigenvalue weighted by molar-refractivity contribution is -0.141. The largest absolute Gasteiger partial charge is 0.495 e. The molecule has 0 unspecified atom stereocenters. The van der Waals surface area contributed by atoms with Crippen LogP contribution < -0.4 is 16.0 Å². The molecular formula is C11H8F3N3O3. The van der Waals surface area contributed by atoms with Gasteiger partial charge in [-0.3, -0.25) is 4.79 Å². The minimum absolute atomic E-state index is 0.106. The molecule has 0 bridgehead atoms. The number of aromatic amines is 1. The first-order valence-electron chi connectivity index (χ1n) is 5.27. The normalized spacial score (nSPS) is 11.4. The lowest BCUT2D eigenvalue weighted by atomic mass is 10.4. The zero-order valence-electron chi connectivity index (χ0n) is 10.1. The minimum atomic E-state index is -4.80. The number of nitrogens with zero attached hydrogens (tertiary/aromatic N) is 2. The average Bonchev–Trinajstić information content (AvgIpc) is 2.37. The van der Waals surface area contributed by atoms with Crippen molar-refractivity contribution >= 4 is 0 Å². The van der Waals surface area contributed by atoms with Crippen LogP contribution in [-0.2, 0) is 6.18 Å². The van der Waals surface area contributed by atoms with E-state index in [9.17, 15) is 22.8 Å². The molecule has 2 heterocycles. The molecule has 6 nitrogen and oxygen atoms in total. The van der Waals surface area contributed by atoms with Crippen molar-refractivity contribution in [1.29, 1.82) is 0 Å². The second kappa shape index (κ2) is 4.83. The first-order valence-corrected chi connectivity index (χ1v) is 5.27. The van der Waals surface area contributed by atoms with Crippen molar-refractivity contribution in [3.8, 4) is 11.6 Å². The second-order valence-electron chi connectivity index (χ2n) is 3.72. The monoisotopic (exact) mass is 287 g/mol. The number of pyridine rings is 1. The quantitative estimate of drug-likeness (QED) is 0.892. The van der Waals surface area contributed by atoms with Crippen molar-refractivity contribution in [3.05, 3.63) is 50.9 Å². The Bertz CT molecular complexity index is 700. The van der Waals surface area contributed by atoms with Gasteiger partial charge in [0.05, 0.1) is 13.3 Å². The summed E-state index contributed by atoms with van der Waals surface area (Å²) in [4.78, 5) is 28.6. The molecule has 106 valence electrons. The van der Waals surface area contributed by atoms with Gasteiger partial charge in [0.2, 0.25) is 0 Å². The fourth-order valence-electron chi connectivity index (χ4n) is 1.49. The van der Waals surface area contributed by atoms with Gasteiger partial charge in [-0.2, -0.15) is 13.2 Å². The van der Waals surface area contributed by atoms with Crippen molar-refractivity contribution < 1.29 is 17.9 Å². The Hall–Kier alpha value is -2.58. The number of ether oxygens (including phenoxy) is 1. The molecule has 0 amide bonds. The minimum Gasteiger partial charge on any atom is -0.495 e. The summed E-state index contributed by atoms with van der Waals surface area (Å²) in [7, 11) is 1.40. The van der Waals surface area contributed by atoms with Gasteiger partial charge in [-0.05, 0) is 12.1 Å². The van der Waals surface area contributed by atoms with E-state index in [-0.39, 0.29) is 5.82 Å². The summed E-state index contributed by atoms with van der Waals surface area (Å²) in [6.45, 7) is 0. The SMILES string of the molecule is COc1ccc(-n2c(=O)cc(C(F)(F)F)[nH]c2=O)nc1. The van der Waals surface area contributed by atoms with Gasteiger partial charge in [-0.15, -0.1) is 0 Å². The summed E-state index contributed by atoms with van der Waals surface area (Å²) in [5.41, 5.74) is -3.75. The smallest absolute Gasteiger partial charge is 0.431 e. The molecule has 0 aliphatic heterocycles. The number of hydrogen-bond acceptors (Lipinski definition) is 4. The van der Waals surface area contributed by atoms with Crippen molar-refractivity contribution in [1.82, 2.24) is 14.5 Å². The standard InChI is InChI=1S/C11H8F3N3O3/c1-20-6-2-3-8(15-5-6)17-9(18)4-7(11(12,13)14)16-10(17)19/h2-5H,1H3,(H,16,19). The molecule has 0 saturated carbocycles. The number of rotatable bonds is 2. The molecule has 2 aromatic rings. The predicted molar refractivity (Wildman–Crippen MR) is 62.0 cm³/mol. The fraction of sp³-hybridized carbons (Fsp3) is 0.182. The molecule has 0 fully saturated rings. The maximum Gasteiger partial charge on any atom is 0.431 e. The van der Waals surface area contributed by atoms with E-state index in [1.54, 1.807) is 4.98 Å². The van der Waals surface area contributed by atoms with Crippen LogP contribution in [0.4, 0.5) is 13.2 Å². The molecule has 0 aliphatic rings. The Morgan fingerprint density at radius 3 is 2.45 bits per heavy atom. The summed E-state index contributed by atoms with van der Waals surface area (Å²) in [5.74, 6) is 0.274. The molecule has 0 aliphatic carbocycles. The van der Waals surface area contributed by atoms with E-state index in [1.807, 2.05) is 0 Å². The first kappa shape index (κ1) is 13.8. The molecule has 0 aromatic carbocycles. The van der Waals surface area contributed by atoms with Crippen LogP contribution in [0.25, 0.3) is 5.82 Å². The third kappa shape index (κ3) is 2.56. The van der Waals surface area contributed by atoms with Crippen LogP contribution in [0.15, 0.2) is 34.0 Å². The Morgan fingerprint density at radius 1 is 1.30 bits per heavy atom. The molecule has 9 heteroatoms. The van der Waals surface area contributed by atoms with Crippen LogP contribution in [0.5, 0.6) is 5.75 Å². The number of H-pyrrole nitrogens is 1. The third-order valence-electron chi connectivity index (χ3n) is 2.42. The van der Waals surface area contributed by atoms with Crippen molar-refractivity contribution in [3.63, 3.8) is 0 Å². The fourth-order valence-corrected chi connectivity index (χ4v) is 1.49. The van der Waals surface area contributed by atoms with E-state index < -0.39 is 23.1 Å². The molecule has 0 radical (unpaired) electrons. The zero-order valence-corrected chi connectivity index (χ0v) is 10.1. The van der Waals surface area contributed by atoms with Gasteiger partial charge in [-0.25, -0.2) is 14.3 Å². The summed E-state index contributed by atoms with van der Waals surface area (Å²) in [5, 5.41) is 0. The maximum atomic E-state index is 12.4. The summed E-state index contributed by atoms with van der Waals surface area (Å²) < 4.78 is 42.6. The molecule has 1 N–H and O–H groups in total. The number of aromatic nitrogens is 3. The summed E-state index contributed by atoms with van der Waals surface area (Å²) >= 11 is 0. The molecule has 20 heavy (non-hydrogen) atoms. The second-order valence-corrected chi connectivity index (χ2v) is 3.72. The highest BCUT2D eigenvalue weighted by molar-refractivity contribution is 5.28. The van der Waals surface area contributed by atoms with Gasteiger partial charge in [0.15, 0.2) is 0 Å². The van der Waals surface area contributed by atoms with Gasteiger partial charge >= 0.3 is 11.9 Å². The lowest BCUT2D eigenvalue weighted by Crippen LogP contribution is -2.36. The maximum absolute atomic E-state index is 12.4. The molecule has 0 saturated heterocycles. The van der Waals surface area contributed by atoms with Gasteiger partial charge < -0.3 is 9.72 Å². The van der Waals surface area contributed by atoms with Crippen LogP contribution >= 0.6 is 0 Å². The average molecular weight is 287 g/mol. The number of nitrogens with one attached hydrogen (secondary N) is 1. The highest BCUT2D eigenvalue weighted by atomic mass is 19.4. The molecule has 0 spiro atoms. The van der Waals surface area contributed by atoms with Crippen LogP contribution in [0.1, 0.15) is 5.69 Å². The third-order valence-corrected chi connectivity index (χ3v) is 2.42. The van der Waals surface area contributed by atoms with E-state index in [0.717, 1.165) is 0 Å². The topological polar surface area (TPSA) is 77.0 Å². The van der Waals surface area contributed by atoms with Crippen LogP contribution in [0.2, 0.25) is 0 Å². The lowest BCUT2D eigenvalue weighted by Gasteiger charge is -2.08. The highest BCUT2D eigenvalue weighted by Gasteiger charge is 2.33. The number of methoxy groups -OCH3 is 1. The summed E-state index contributed by atoms with van der Waals surface area (Å²) in [6, 6.07) is 3.00. The van der Waals surface area contributed by atoms with Gasteiger partial charge in [0.25, 0.3) is 5.56 Å². The van der Waals surface area contributed by atoms with E-state index in [1.165, 1.54) is 25.4 Å². The van der Waals surface area contributed by atoms with Gasteiger partial charge in [-0.1, -0.05) is 0 Å². The Morgan fingerprint density at radius 2 is 2.00 bits per heavy atom. The van der Waals surface area contributed by atoms with Crippen LogP contribution in [0, 0.1) is 0 Å². The molecule has 2 aromatic heterocycles. The number of hydrogen-bond donors (Lipinski definition) is 1. The van der Waals surface area contributed by atoms with Crippen molar-refractivity contribution in [2.24, 2.45) is 0 Å². The summed E-state index contributed by atoms with van der Waals surface area (Å²) in [6.07, 6.45) is -3.57. The number of halogens is 3. The number of alkyl halides is 3. The van der Waals surface area contributed by atoms with Crippen molar-refractivity contribution in [2.45, 2.75) is 6.18 Å². The Balaban J connectivity index is 2.58. The van der Waals surface area contributed by atoms with E-state index in [2.05, 4.69) is 4.98 Å².